The predicted octanol–water partition coefficient (Wildman–Crippen LogP) is 2.03. The summed E-state index contributed by atoms with van der Waals surface area (Å²) in [6.07, 6.45) is 3.11. The topological polar surface area (TPSA) is 112 Å². The summed E-state index contributed by atoms with van der Waals surface area (Å²) >= 11 is 0. The molecule has 4 rings (SSSR count). The Bertz CT molecular complexity index is 1180. The van der Waals surface area contributed by atoms with Crippen LogP contribution in [0.1, 0.15) is 27.0 Å². The number of aromatic amines is 1. The lowest BCUT2D eigenvalue weighted by Crippen LogP contribution is -2.33. The van der Waals surface area contributed by atoms with Crippen LogP contribution in [0.5, 0.6) is 0 Å². The number of hydrogen-bond acceptors (Lipinski definition) is 4. The van der Waals surface area contributed by atoms with Gasteiger partial charge in [-0.1, -0.05) is 24.3 Å². The molecule has 0 spiro atoms. The van der Waals surface area contributed by atoms with Gasteiger partial charge in [0.05, 0.1) is 6.54 Å². The lowest BCUT2D eigenvalue weighted by Gasteiger charge is -2.18. The summed E-state index contributed by atoms with van der Waals surface area (Å²) in [6.45, 7) is 0.607. The van der Waals surface area contributed by atoms with Gasteiger partial charge in [-0.3, -0.25) is 14.5 Å². The largest absolute Gasteiger partial charge is 0.361 e. The molecule has 1 unspecified atom stereocenters. The van der Waals surface area contributed by atoms with Crippen molar-refractivity contribution in [2.24, 2.45) is 5.73 Å². The third-order valence-electron chi connectivity index (χ3n) is 5.77. The zero-order valence-corrected chi connectivity index (χ0v) is 18.2. The minimum Gasteiger partial charge on any atom is -0.361 e. The molecule has 166 valence electrons. The van der Waals surface area contributed by atoms with Gasteiger partial charge in [0.2, 0.25) is 0 Å². The molecule has 1 atom stereocenters. The van der Waals surface area contributed by atoms with Crippen LogP contribution in [0.2, 0.25) is 0 Å². The molecular formula is C24H27N5O3. The first-order valence-corrected chi connectivity index (χ1v) is 10.6. The number of benzene rings is 2. The molecule has 4 N–H and O–H groups in total. The number of H-pyrrole nitrogens is 1. The Morgan fingerprint density at radius 3 is 2.66 bits per heavy atom. The lowest BCUT2D eigenvalue weighted by atomic mass is 10.0. The van der Waals surface area contributed by atoms with Crippen molar-refractivity contribution in [2.75, 3.05) is 20.6 Å². The van der Waals surface area contributed by atoms with Crippen LogP contribution >= 0.6 is 0 Å². The van der Waals surface area contributed by atoms with Crippen molar-refractivity contribution < 1.29 is 14.4 Å². The van der Waals surface area contributed by atoms with E-state index in [1.54, 1.807) is 38.4 Å². The minimum atomic E-state index is -0.645. The van der Waals surface area contributed by atoms with Gasteiger partial charge in [0, 0.05) is 43.2 Å². The first kappa shape index (κ1) is 21.6. The maximum absolute atomic E-state index is 13.0. The van der Waals surface area contributed by atoms with Crippen molar-refractivity contribution in [1.29, 1.82) is 0 Å². The Balaban J connectivity index is 1.52. The molecule has 1 aromatic heterocycles. The van der Waals surface area contributed by atoms with Crippen molar-refractivity contribution in [2.45, 2.75) is 25.4 Å². The summed E-state index contributed by atoms with van der Waals surface area (Å²) in [4.78, 5) is 44.0. The number of nitrogens with one attached hydrogen (secondary N) is 2. The molecular weight excluding hydrogens is 406 g/mol. The van der Waals surface area contributed by atoms with Gasteiger partial charge in [0.15, 0.2) is 0 Å². The molecule has 8 heteroatoms. The zero-order chi connectivity index (χ0) is 22.8. The van der Waals surface area contributed by atoms with E-state index < -0.39 is 12.1 Å². The van der Waals surface area contributed by atoms with E-state index in [2.05, 4.69) is 10.3 Å². The Labute approximate surface area is 186 Å². The second-order valence-corrected chi connectivity index (χ2v) is 8.22. The second-order valence-electron chi connectivity index (χ2n) is 8.22. The van der Waals surface area contributed by atoms with Crippen LogP contribution in [-0.4, -0.2) is 59.3 Å². The first-order valence-electron chi connectivity index (χ1n) is 10.6. The fourth-order valence-electron chi connectivity index (χ4n) is 4.09. The van der Waals surface area contributed by atoms with E-state index in [9.17, 15) is 14.4 Å². The van der Waals surface area contributed by atoms with Crippen LogP contribution in [0.4, 0.5) is 4.79 Å². The van der Waals surface area contributed by atoms with Crippen LogP contribution in [0.25, 0.3) is 10.9 Å². The third kappa shape index (κ3) is 4.09. The number of aromatic nitrogens is 1. The lowest BCUT2D eigenvalue weighted by molar-refractivity contribution is -0.127. The second kappa shape index (κ2) is 8.84. The van der Waals surface area contributed by atoms with E-state index in [1.165, 1.54) is 9.80 Å². The van der Waals surface area contributed by atoms with Gasteiger partial charge in [-0.15, -0.1) is 0 Å². The van der Waals surface area contributed by atoms with Gasteiger partial charge in [-0.25, -0.2) is 4.79 Å². The number of carbonyl (C=O) groups is 3. The summed E-state index contributed by atoms with van der Waals surface area (Å²) in [7, 11) is 3.34. The highest BCUT2D eigenvalue weighted by molar-refractivity contribution is 6.04. The number of carbonyl (C=O) groups excluding carboxylic acids is 3. The highest BCUT2D eigenvalue weighted by Gasteiger charge is 2.38. The quantitative estimate of drug-likeness (QED) is 0.495. The van der Waals surface area contributed by atoms with E-state index in [1.807, 2.05) is 24.4 Å². The summed E-state index contributed by atoms with van der Waals surface area (Å²) in [6, 6.07) is 11.9. The van der Waals surface area contributed by atoms with Crippen LogP contribution < -0.4 is 11.1 Å². The molecule has 0 radical (unpaired) electrons. The normalized spacial score (nSPS) is 16.0. The minimum absolute atomic E-state index is 0.0500. The average molecular weight is 434 g/mol. The summed E-state index contributed by atoms with van der Waals surface area (Å²) in [5, 5.41) is 3.87. The maximum atomic E-state index is 13.0. The Morgan fingerprint density at radius 2 is 1.91 bits per heavy atom. The summed E-state index contributed by atoms with van der Waals surface area (Å²) in [5.41, 5.74) is 9.92. The number of amides is 4. The molecule has 1 saturated heterocycles. The van der Waals surface area contributed by atoms with Crippen LogP contribution in [0.3, 0.4) is 0 Å². The number of fused-ring (bicyclic) bond motifs is 1. The molecule has 0 aliphatic carbocycles. The molecule has 4 amide bonds. The molecule has 1 aliphatic heterocycles. The van der Waals surface area contributed by atoms with E-state index in [0.717, 1.165) is 28.5 Å². The highest BCUT2D eigenvalue weighted by Crippen LogP contribution is 2.23. The van der Waals surface area contributed by atoms with Gasteiger partial charge < -0.3 is 20.9 Å². The molecule has 2 aromatic carbocycles. The number of urea groups is 1. The smallest absolute Gasteiger partial charge is 0.325 e. The highest BCUT2D eigenvalue weighted by atomic mass is 16.2. The fraction of sp³-hybridized carbons (Fsp3) is 0.292. The molecule has 8 nitrogen and oxygen atoms in total. The third-order valence-corrected chi connectivity index (χ3v) is 5.77. The summed E-state index contributed by atoms with van der Waals surface area (Å²) in [5.74, 6) is -0.462. The Hall–Kier alpha value is -3.65. The molecule has 1 aliphatic rings. The number of hydrogen-bond donors (Lipinski definition) is 3. The molecule has 0 bridgehead atoms. The predicted molar refractivity (Wildman–Crippen MR) is 122 cm³/mol. The van der Waals surface area contributed by atoms with Crippen LogP contribution in [-0.2, 0) is 24.2 Å². The Kier molecular flexibility index (Phi) is 5.96. The van der Waals surface area contributed by atoms with Gasteiger partial charge in [-0.2, -0.15) is 0 Å². The van der Waals surface area contributed by atoms with E-state index in [-0.39, 0.29) is 18.4 Å². The van der Waals surface area contributed by atoms with Crippen molar-refractivity contribution >= 4 is 28.7 Å². The monoisotopic (exact) mass is 433 g/mol. The molecule has 3 aromatic rings. The van der Waals surface area contributed by atoms with E-state index in [0.29, 0.717) is 24.1 Å². The van der Waals surface area contributed by atoms with Gasteiger partial charge in [0.1, 0.15) is 6.04 Å². The molecule has 32 heavy (non-hydrogen) atoms. The van der Waals surface area contributed by atoms with Crippen LogP contribution in [0.15, 0.2) is 48.7 Å². The average Bonchev–Trinajstić information content (AvgIpc) is 3.29. The number of nitrogens with zero attached hydrogens (tertiary/aromatic N) is 2. The van der Waals surface area contributed by atoms with Crippen LogP contribution in [0, 0.1) is 0 Å². The number of imide groups is 1. The number of rotatable bonds is 7. The van der Waals surface area contributed by atoms with Crippen molar-refractivity contribution in [1.82, 2.24) is 20.1 Å². The first-order chi connectivity index (χ1) is 15.4. The zero-order valence-electron chi connectivity index (χ0n) is 18.2. The Morgan fingerprint density at radius 1 is 1.12 bits per heavy atom. The van der Waals surface area contributed by atoms with Gasteiger partial charge in [-0.05, 0) is 47.9 Å². The summed E-state index contributed by atoms with van der Waals surface area (Å²) < 4.78 is 0. The number of nitrogens with two attached hydrogens (primary N) is 1. The van der Waals surface area contributed by atoms with Crippen molar-refractivity contribution in [3.8, 4) is 0 Å². The van der Waals surface area contributed by atoms with Gasteiger partial charge >= 0.3 is 6.03 Å². The maximum Gasteiger partial charge on any atom is 0.325 e. The van der Waals surface area contributed by atoms with Gasteiger partial charge in [0.25, 0.3) is 11.8 Å². The SMILES string of the molecule is CN(C)C(=O)c1ccccc1CN1C(=O)NC(Cc2ccc3[nH]cc(CCN)c3c2)C1=O. The molecule has 1 fully saturated rings. The van der Waals surface area contributed by atoms with E-state index >= 15 is 0 Å². The fourth-order valence-corrected chi connectivity index (χ4v) is 4.09. The molecule has 2 heterocycles. The molecule has 0 saturated carbocycles. The van der Waals surface area contributed by atoms with Crippen molar-refractivity contribution in [3.05, 3.63) is 70.9 Å². The standard InChI is InChI=1S/C24H27N5O3/c1-28(2)22(30)18-6-4-3-5-17(18)14-29-23(31)21(27-24(29)32)12-15-7-8-20-19(11-15)16(9-10-25)13-26-20/h3-8,11,13,21,26H,9-10,12,14,25H2,1-2H3,(H,27,32). The van der Waals surface area contributed by atoms with Crippen molar-refractivity contribution in [3.63, 3.8) is 0 Å². The van der Waals surface area contributed by atoms with E-state index in [4.69, 9.17) is 5.73 Å².